The highest BCUT2D eigenvalue weighted by atomic mass is 32.2. The Morgan fingerprint density at radius 1 is 1.23 bits per heavy atom. The number of hydrogen-bond donors (Lipinski definition) is 2. The summed E-state index contributed by atoms with van der Waals surface area (Å²) in [4.78, 5) is 0.809. The van der Waals surface area contributed by atoms with Crippen LogP contribution in [0.15, 0.2) is 52.9 Å². The molecule has 0 atom stereocenters. The summed E-state index contributed by atoms with van der Waals surface area (Å²) in [5.74, 6) is 0.588. The number of thiophene rings is 1. The van der Waals surface area contributed by atoms with Gasteiger partial charge in [0.2, 0.25) is 0 Å². The van der Waals surface area contributed by atoms with E-state index in [9.17, 15) is 8.42 Å². The van der Waals surface area contributed by atoms with Crippen molar-refractivity contribution in [3.63, 3.8) is 0 Å². The normalized spacial score (nSPS) is 11.3. The predicted octanol–water partition coefficient (Wildman–Crippen LogP) is 2.95. The third-order valence-electron chi connectivity index (χ3n) is 2.93. The highest BCUT2D eigenvalue weighted by Crippen LogP contribution is 2.30. The van der Waals surface area contributed by atoms with E-state index >= 15 is 0 Å². The Bertz CT molecular complexity index is 870. The second-order valence-corrected chi connectivity index (χ2v) is 7.42. The number of hydrogen-bond acceptors (Lipinski definition) is 5. The van der Waals surface area contributed by atoms with Gasteiger partial charge < -0.3 is 4.74 Å². The van der Waals surface area contributed by atoms with Crippen LogP contribution in [0.3, 0.4) is 0 Å². The van der Waals surface area contributed by atoms with E-state index in [1.807, 2.05) is 0 Å². The molecule has 0 fully saturated rings. The molecule has 0 spiro atoms. The van der Waals surface area contributed by atoms with Crippen LogP contribution < -0.4 is 9.46 Å². The van der Waals surface area contributed by atoms with Gasteiger partial charge in [0.1, 0.15) is 9.96 Å². The molecule has 0 saturated heterocycles. The topological polar surface area (TPSA) is 84.1 Å². The zero-order valence-corrected chi connectivity index (χ0v) is 13.2. The van der Waals surface area contributed by atoms with Crippen LogP contribution in [-0.4, -0.2) is 25.7 Å². The Morgan fingerprint density at radius 2 is 2.09 bits per heavy atom. The van der Waals surface area contributed by atoms with Crippen molar-refractivity contribution in [2.24, 2.45) is 0 Å². The molecule has 2 aromatic heterocycles. The molecule has 0 aliphatic carbocycles. The highest BCUT2D eigenvalue weighted by molar-refractivity contribution is 7.94. The molecule has 0 aliphatic rings. The molecule has 0 radical (unpaired) electrons. The number of aromatic amines is 1. The minimum absolute atomic E-state index is 0.236. The Hall–Kier alpha value is -2.32. The first kappa shape index (κ1) is 14.6. The third kappa shape index (κ3) is 2.97. The zero-order valence-electron chi connectivity index (χ0n) is 11.6. The summed E-state index contributed by atoms with van der Waals surface area (Å²) in [6, 6.07) is 11.9. The van der Waals surface area contributed by atoms with Crippen LogP contribution in [0.1, 0.15) is 0 Å². The third-order valence-corrected chi connectivity index (χ3v) is 5.93. The largest absolute Gasteiger partial charge is 0.497 e. The lowest BCUT2D eigenvalue weighted by Gasteiger charge is -2.07. The molecule has 2 N–H and O–H groups in total. The van der Waals surface area contributed by atoms with Gasteiger partial charge in [0, 0.05) is 12.3 Å². The molecule has 114 valence electrons. The summed E-state index contributed by atoms with van der Waals surface area (Å²) in [5.41, 5.74) is 1.24. The summed E-state index contributed by atoms with van der Waals surface area (Å²) >= 11 is 1.17. The number of H-pyrrole nitrogens is 1. The summed E-state index contributed by atoms with van der Waals surface area (Å²) in [5, 5.41) is 6.67. The van der Waals surface area contributed by atoms with Crippen molar-refractivity contribution in [2.75, 3.05) is 11.8 Å². The predicted molar refractivity (Wildman–Crippen MR) is 85.7 cm³/mol. The zero-order chi connectivity index (χ0) is 15.6. The van der Waals surface area contributed by atoms with Gasteiger partial charge in [-0.25, -0.2) is 8.42 Å². The van der Waals surface area contributed by atoms with E-state index < -0.39 is 10.0 Å². The first-order valence-corrected chi connectivity index (χ1v) is 8.65. The van der Waals surface area contributed by atoms with Crippen molar-refractivity contribution in [3.05, 3.63) is 48.7 Å². The average Bonchev–Trinajstić information content (AvgIpc) is 3.18. The number of nitrogens with one attached hydrogen (secondary N) is 2. The fraction of sp³-hybridized carbons (Fsp3) is 0.0714. The van der Waals surface area contributed by atoms with Gasteiger partial charge in [-0.15, -0.1) is 11.3 Å². The molecule has 0 unspecified atom stereocenters. The van der Waals surface area contributed by atoms with Crippen molar-refractivity contribution in [3.8, 4) is 16.3 Å². The van der Waals surface area contributed by atoms with E-state index in [1.54, 1.807) is 48.7 Å². The number of ether oxygens (including phenoxy) is 1. The average molecular weight is 335 g/mol. The summed E-state index contributed by atoms with van der Waals surface area (Å²) in [7, 11) is -2.10. The molecule has 1 aromatic carbocycles. The lowest BCUT2D eigenvalue weighted by molar-refractivity contribution is 0.415. The number of rotatable bonds is 5. The molecule has 3 rings (SSSR count). The summed E-state index contributed by atoms with van der Waals surface area (Å²) in [6.07, 6.45) is 1.62. The van der Waals surface area contributed by atoms with E-state index in [0.717, 1.165) is 10.6 Å². The second-order valence-electron chi connectivity index (χ2n) is 4.43. The van der Waals surface area contributed by atoms with Gasteiger partial charge in [-0.2, -0.15) is 5.10 Å². The number of methoxy groups -OCH3 is 1. The molecule has 0 amide bonds. The molecule has 8 heteroatoms. The quantitative estimate of drug-likeness (QED) is 0.751. The standard InChI is InChI=1S/C14H13N3O3S2/c1-20-11-4-2-3-10(9-11)17-22(18,19)14-6-5-13(21-14)12-7-8-15-16-12/h2-9,17H,1H3,(H,15,16). The fourth-order valence-electron chi connectivity index (χ4n) is 1.89. The van der Waals surface area contributed by atoms with Gasteiger partial charge in [-0.05, 0) is 30.3 Å². The van der Waals surface area contributed by atoms with Crippen LogP contribution in [0.25, 0.3) is 10.6 Å². The second kappa shape index (κ2) is 5.82. The Labute approximate surface area is 131 Å². The Kier molecular flexibility index (Phi) is 3.86. The molecule has 3 aromatic rings. The molecule has 2 heterocycles. The van der Waals surface area contributed by atoms with Crippen LogP contribution in [0.4, 0.5) is 5.69 Å². The maximum absolute atomic E-state index is 12.4. The van der Waals surface area contributed by atoms with Crippen molar-refractivity contribution >= 4 is 27.0 Å². The van der Waals surface area contributed by atoms with E-state index in [0.29, 0.717) is 11.4 Å². The lowest BCUT2D eigenvalue weighted by Crippen LogP contribution is -2.11. The summed E-state index contributed by atoms with van der Waals surface area (Å²) in [6.45, 7) is 0. The highest BCUT2D eigenvalue weighted by Gasteiger charge is 2.18. The fourth-order valence-corrected chi connectivity index (χ4v) is 4.23. The molecular weight excluding hydrogens is 322 g/mol. The van der Waals surface area contributed by atoms with E-state index in [1.165, 1.54) is 18.4 Å². The van der Waals surface area contributed by atoms with E-state index in [2.05, 4.69) is 14.9 Å². The number of sulfonamides is 1. The molecule has 0 bridgehead atoms. The number of anilines is 1. The first-order chi connectivity index (χ1) is 10.6. The monoisotopic (exact) mass is 335 g/mol. The molecule has 0 saturated carbocycles. The maximum atomic E-state index is 12.4. The van der Waals surface area contributed by atoms with E-state index in [-0.39, 0.29) is 4.21 Å². The van der Waals surface area contributed by atoms with Crippen LogP contribution in [0.2, 0.25) is 0 Å². The molecule has 0 aliphatic heterocycles. The van der Waals surface area contributed by atoms with Crippen molar-refractivity contribution in [1.29, 1.82) is 0 Å². The van der Waals surface area contributed by atoms with Crippen LogP contribution in [-0.2, 0) is 10.0 Å². The number of nitrogens with zero attached hydrogens (tertiary/aromatic N) is 1. The number of aromatic nitrogens is 2. The lowest BCUT2D eigenvalue weighted by atomic mass is 10.3. The molecule has 6 nitrogen and oxygen atoms in total. The van der Waals surface area contributed by atoms with Gasteiger partial charge in [0.05, 0.1) is 23.4 Å². The van der Waals surface area contributed by atoms with Gasteiger partial charge >= 0.3 is 0 Å². The van der Waals surface area contributed by atoms with Gasteiger partial charge in [-0.3, -0.25) is 9.82 Å². The minimum Gasteiger partial charge on any atom is -0.497 e. The minimum atomic E-state index is -3.63. The van der Waals surface area contributed by atoms with Crippen LogP contribution in [0, 0.1) is 0 Å². The molecule has 22 heavy (non-hydrogen) atoms. The van der Waals surface area contributed by atoms with Crippen LogP contribution >= 0.6 is 11.3 Å². The van der Waals surface area contributed by atoms with Crippen molar-refractivity contribution < 1.29 is 13.2 Å². The summed E-state index contributed by atoms with van der Waals surface area (Å²) < 4.78 is 32.7. The SMILES string of the molecule is COc1cccc(NS(=O)(=O)c2ccc(-c3ccn[nH]3)s2)c1. The molecular formula is C14H13N3O3S2. The maximum Gasteiger partial charge on any atom is 0.271 e. The van der Waals surface area contributed by atoms with E-state index in [4.69, 9.17) is 4.74 Å². The van der Waals surface area contributed by atoms with Gasteiger partial charge in [-0.1, -0.05) is 6.07 Å². The number of benzene rings is 1. The van der Waals surface area contributed by atoms with Crippen molar-refractivity contribution in [2.45, 2.75) is 4.21 Å². The smallest absolute Gasteiger partial charge is 0.271 e. The van der Waals surface area contributed by atoms with Gasteiger partial charge in [0.25, 0.3) is 10.0 Å². The van der Waals surface area contributed by atoms with Gasteiger partial charge in [0.15, 0.2) is 0 Å². The van der Waals surface area contributed by atoms with Crippen molar-refractivity contribution in [1.82, 2.24) is 10.2 Å². The first-order valence-electron chi connectivity index (χ1n) is 6.35. The van der Waals surface area contributed by atoms with Crippen LogP contribution in [0.5, 0.6) is 5.75 Å². The Morgan fingerprint density at radius 3 is 2.82 bits per heavy atom. The Balaban J connectivity index is 1.86.